The molecule has 7 nitrogen and oxygen atoms in total. The Morgan fingerprint density at radius 1 is 1.03 bits per heavy atom. The predicted octanol–water partition coefficient (Wildman–Crippen LogP) is 3.90. The molecule has 1 aromatic heterocycles. The Balaban J connectivity index is 1.51. The van der Waals surface area contributed by atoms with Crippen molar-refractivity contribution < 1.29 is 22.4 Å². The first-order valence-corrected chi connectivity index (χ1v) is 11.0. The fourth-order valence-electron chi connectivity index (χ4n) is 2.67. The van der Waals surface area contributed by atoms with Crippen LogP contribution in [-0.4, -0.2) is 20.9 Å². The molecule has 0 aliphatic heterocycles. The Morgan fingerprint density at radius 2 is 1.73 bits per heavy atom. The summed E-state index contributed by atoms with van der Waals surface area (Å²) >= 11 is 0. The molecule has 8 heteroatoms. The van der Waals surface area contributed by atoms with Gasteiger partial charge < -0.3 is 14.5 Å². The van der Waals surface area contributed by atoms with Crippen LogP contribution in [-0.2, 0) is 21.4 Å². The molecule has 1 heterocycles. The highest BCUT2D eigenvalue weighted by Crippen LogP contribution is 2.19. The van der Waals surface area contributed by atoms with Gasteiger partial charge in [0.25, 0.3) is 5.91 Å². The summed E-state index contributed by atoms with van der Waals surface area (Å²) in [4.78, 5) is 12.2. The number of amides is 1. The van der Waals surface area contributed by atoms with E-state index in [-0.39, 0.29) is 24.0 Å². The number of benzene rings is 2. The second kappa shape index (κ2) is 9.60. The summed E-state index contributed by atoms with van der Waals surface area (Å²) in [6.45, 7) is 4.12. The highest BCUT2D eigenvalue weighted by atomic mass is 32.2. The SMILES string of the molecule is CC(C)c1ccc(OCC(=O)Nc2ccc(S(=O)(=O)NCc3ccco3)cc2)cc1. The lowest BCUT2D eigenvalue weighted by molar-refractivity contribution is -0.118. The fourth-order valence-corrected chi connectivity index (χ4v) is 3.67. The van der Waals surface area contributed by atoms with Crippen LogP contribution in [0, 0.1) is 0 Å². The second-order valence-corrected chi connectivity index (χ2v) is 8.76. The molecule has 0 aliphatic carbocycles. The van der Waals surface area contributed by atoms with E-state index in [0.717, 1.165) is 0 Å². The quantitative estimate of drug-likeness (QED) is 0.539. The highest BCUT2D eigenvalue weighted by molar-refractivity contribution is 7.89. The average molecular weight is 429 g/mol. The van der Waals surface area contributed by atoms with E-state index in [1.807, 2.05) is 24.3 Å². The molecular weight excluding hydrogens is 404 g/mol. The van der Waals surface area contributed by atoms with Crippen LogP contribution in [0.5, 0.6) is 5.75 Å². The third-order valence-electron chi connectivity index (χ3n) is 4.38. The van der Waals surface area contributed by atoms with Gasteiger partial charge in [0, 0.05) is 5.69 Å². The van der Waals surface area contributed by atoms with Gasteiger partial charge in [-0.05, 0) is 60.0 Å². The molecule has 2 aromatic carbocycles. The molecule has 1 amide bonds. The number of hydrogen-bond donors (Lipinski definition) is 2. The van der Waals surface area contributed by atoms with Gasteiger partial charge in [0.1, 0.15) is 11.5 Å². The Morgan fingerprint density at radius 3 is 2.33 bits per heavy atom. The smallest absolute Gasteiger partial charge is 0.262 e. The molecule has 3 aromatic rings. The van der Waals surface area contributed by atoms with Gasteiger partial charge in [0.05, 0.1) is 17.7 Å². The van der Waals surface area contributed by atoms with Crippen molar-refractivity contribution in [3.63, 3.8) is 0 Å². The summed E-state index contributed by atoms with van der Waals surface area (Å²) < 4.78 is 37.7. The number of rotatable bonds is 9. The Labute approximate surface area is 176 Å². The van der Waals surface area contributed by atoms with Crippen molar-refractivity contribution in [2.24, 2.45) is 0 Å². The molecule has 0 atom stereocenters. The van der Waals surface area contributed by atoms with Crippen LogP contribution >= 0.6 is 0 Å². The van der Waals surface area contributed by atoms with Crippen LogP contribution in [0.4, 0.5) is 5.69 Å². The van der Waals surface area contributed by atoms with Crippen molar-refractivity contribution in [2.45, 2.75) is 31.2 Å². The van der Waals surface area contributed by atoms with Crippen molar-refractivity contribution in [2.75, 3.05) is 11.9 Å². The van der Waals surface area contributed by atoms with E-state index in [2.05, 4.69) is 23.9 Å². The van der Waals surface area contributed by atoms with Gasteiger partial charge in [-0.1, -0.05) is 26.0 Å². The molecule has 0 spiro atoms. The van der Waals surface area contributed by atoms with Crippen LogP contribution < -0.4 is 14.8 Å². The Kier molecular flexibility index (Phi) is 6.91. The molecule has 158 valence electrons. The normalized spacial score (nSPS) is 11.4. The third kappa shape index (κ3) is 5.95. The average Bonchev–Trinajstić information content (AvgIpc) is 3.25. The lowest BCUT2D eigenvalue weighted by atomic mass is 10.0. The maximum atomic E-state index is 12.3. The van der Waals surface area contributed by atoms with Gasteiger partial charge in [-0.25, -0.2) is 13.1 Å². The maximum Gasteiger partial charge on any atom is 0.262 e. The number of carbonyl (C=O) groups excluding carboxylic acids is 1. The molecule has 0 saturated carbocycles. The minimum Gasteiger partial charge on any atom is -0.484 e. The Bertz CT molecular complexity index is 1060. The lowest BCUT2D eigenvalue weighted by Gasteiger charge is -2.10. The first kappa shape index (κ1) is 21.6. The number of sulfonamides is 1. The molecule has 0 bridgehead atoms. The van der Waals surface area contributed by atoms with Gasteiger partial charge in [0.2, 0.25) is 10.0 Å². The van der Waals surface area contributed by atoms with E-state index >= 15 is 0 Å². The van der Waals surface area contributed by atoms with Crippen molar-refractivity contribution >= 4 is 21.6 Å². The van der Waals surface area contributed by atoms with Crippen molar-refractivity contribution in [1.82, 2.24) is 4.72 Å². The minimum atomic E-state index is -3.69. The van der Waals surface area contributed by atoms with Gasteiger partial charge >= 0.3 is 0 Å². The molecule has 0 radical (unpaired) electrons. The first-order valence-electron chi connectivity index (χ1n) is 9.48. The van der Waals surface area contributed by atoms with Crippen LogP contribution in [0.1, 0.15) is 31.1 Å². The predicted molar refractivity (Wildman–Crippen MR) is 114 cm³/mol. The molecule has 0 aliphatic rings. The number of anilines is 1. The maximum absolute atomic E-state index is 12.3. The number of hydrogen-bond acceptors (Lipinski definition) is 5. The van der Waals surface area contributed by atoms with E-state index in [0.29, 0.717) is 23.1 Å². The zero-order valence-electron chi connectivity index (χ0n) is 16.8. The monoisotopic (exact) mass is 428 g/mol. The zero-order valence-corrected chi connectivity index (χ0v) is 17.6. The van der Waals surface area contributed by atoms with E-state index in [1.165, 1.54) is 36.1 Å². The highest BCUT2D eigenvalue weighted by Gasteiger charge is 2.14. The van der Waals surface area contributed by atoms with Gasteiger partial charge in [-0.2, -0.15) is 0 Å². The zero-order chi connectivity index (χ0) is 21.6. The summed E-state index contributed by atoms with van der Waals surface area (Å²) in [6, 6.07) is 16.9. The first-order chi connectivity index (χ1) is 14.3. The molecule has 0 fully saturated rings. The molecule has 2 N–H and O–H groups in total. The molecule has 3 rings (SSSR count). The van der Waals surface area contributed by atoms with Crippen LogP contribution in [0.2, 0.25) is 0 Å². The summed E-state index contributed by atoms with van der Waals surface area (Å²) in [7, 11) is -3.69. The van der Waals surface area contributed by atoms with E-state index in [1.54, 1.807) is 12.1 Å². The lowest BCUT2D eigenvalue weighted by Crippen LogP contribution is -2.23. The van der Waals surface area contributed by atoms with Crippen LogP contribution in [0.25, 0.3) is 0 Å². The topological polar surface area (TPSA) is 97.6 Å². The van der Waals surface area contributed by atoms with E-state index in [9.17, 15) is 13.2 Å². The van der Waals surface area contributed by atoms with Crippen LogP contribution in [0.3, 0.4) is 0 Å². The van der Waals surface area contributed by atoms with E-state index in [4.69, 9.17) is 9.15 Å². The standard InChI is InChI=1S/C22H24N2O5S/c1-16(2)17-5-9-19(10-6-17)29-15-22(25)24-18-7-11-21(12-8-18)30(26,27)23-14-20-4-3-13-28-20/h3-13,16,23H,14-15H2,1-2H3,(H,24,25). The van der Waals surface area contributed by atoms with Gasteiger partial charge in [-0.15, -0.1) is 0 Å². The van der Waals surface area contributed by atoms with Crippen molar-refractivity contribution in [1.29, 1.82) is 0 Å². The molecule has 0 saturated heterocycles. The summed E-state index contributed by atoms with van der Waals surface area (Å²) in [5, 5.41) is 2.68. The largest absolute Gasteiger partial charge is 0.484 e. The third-order valence-corrected chi connectivity index (χ3v) is 5.80. The number of carbonyl (C=O) groups is 1. The summed E-state index contributed by atoms with van der Waals surface area (Å²) in [5.74, 6) is 1.21. The summed E-state index contributed by atoms with van der Waals surface area (Å²) in [5.41, 5.74) is 1.67. The van der Waals surface area contributed by atoms with Crippen molar-refractivity contribution in [3.8, 4) is 5.75 Å². The fraction of sp³-hybridized carbons (Fsp3) is 0.227. The second-order valence-electron chi connectivity index (χ2n) is 6.99. The summed E-state index contributed by atoms with van der Waals surface area (Å²) in [6.07, 6.45) is 1.48. The number of furan rings is 1. The molecule has 0 unspecified atom stereocenters. The Hall–Kier alpha value is -3.10. The number of nitrogens with one attached hydrogen (secondary N) is 2. The molecular formula is C22H24N2O5S. The van der Waals surface area contributed by atoms with E-state index < -0.39 is 10.0 Å². The van der Waals surface area contributed by atoms with Crippen LogP contribution in [0.15, 0.2) is 76.2 Å². The number of ether oxygens (including phenoxy) is 1. The molecule has 30 heavy (non-hydrogen) atoms. The minimum absolute atomic E-state index is 0.0588. The van der Waals surface area contributed by atoms with Gasteiger partial charge in [0.15, 0.2) is 6.61 Å². The van der Waals surface area contributed by atoms with Crippen molar-refractivity contribution in [3.05, 3.63) is 78.3 Å². The van der Waals surface area contributed by atoms with Gasteiger partial charge in [-0.3, -0.25) is 4.79 Å².